The number of hydrogen-bond acceptors (Lipinski definition) is 5. The second-order valence-electron chi connectivity index (χ2n) is 6.92. The molecule has 24 heavy (non-hydrogen) atoms. The number of anilines is 1. The van der Waals surface area contributed by atoms with Gasteiger partial charge in [0.05, 0.1) is 0 Å². The molecular weight excluding hydrogens is 330 g/mol. The average Bonchev–Trinajstić information content (AvgIpc) is 2.73. The highest BCUT2D eigenvalue weighted by Crippen LogP contribution is 2.25. The van der Waals surface area contributed by atoms with Crippen LogP contribution in [0.1, 0.15) is 27.2 Å². The highest BCUT2D eigenvalue weighted by Gasteiger charge is 2.25. The van der Waals surface area contributed by atoms with Crippen LogP contribution in [-0.2, 0) is 4.74 Å². The van der Waals surface area contributed by atoms with Gasteiger partial charge in [-0.25, -0.2) is 4.79 Å². The molecule has 1 aromatic carbocycles. The molecule has 1 aliphatic heterocycles. The molecule has 7 heteroatoms. The Kier molecular flexibility index (Phi) is 4.58. The number of fused-ring (bicyclic) bond motifs is 1. The van der Waals surface area contributed by atoms with Gasteiger partial charge in [0.1, 0.15) is 11.1 Å². The van der Waals surface area contributed by atoms with Crippen molar-refractivity contribution in [3.8, 4) is 0 Å². The van der Waals surface area contributed by atoms with Gasteiger partial charge < -0.3 is 19.0 Å². The zero-order valence-electron chi connectivity index (χ0n) is 14.2. The van der Waals surface area contributed by atoms with Crippen LogP contribution in [0.5, 0.6) is 0 Å². The Morgan fingerprint density at radius 1 is 1.25 bits per heavy atom. The van der Waals surface area contributed by atoms with E-state index < -0.39 is 5.60 Å². The van der Waals surface area contributed by atoms with Crippen LogP contribution in [0.3, 0.4) is 0 Å². The Hall–Kier alpha value is -1.95. The molecule has 2 heterocycles. The van der Waals surface area contributed by atoms with Gasteiger partial charge in [-0.2, -0.15) is 4.98 Å². The molecule has 3 rings (SSSR count). The van der Waals surface area contributed by atoms with Gasteiger partial charge in [-0.05, 0) is 45.4 Å². The minimum absolute atomic E-state index is 0.270. The summed E-state index contributed by atoms with van der Waals surface area (Å²) in [6, 6.07) is 5.96. The summed E-state index contributed by atoms with van der Waals surface area (Å²) in [5.74, 6) is 0. The van der Waals surface area contributed by atoms with Crippen molar-refractivity contribution >= 4 is 34.8 Å². The van der Waals surface area contributed by atoms with Gasteiger partial charge in [-0.15, -0.1) is 0 Å². The van der Waals surface area contributed by atoms with E-state index in [1.807, 2.05) is 26.8 Å². The molecule has 0 saturated carbocycles. The van der Waals surface area contributed by atoms with E-state index in [1.165, 1.54) is 0 Å². The average molecular weight is 352 g/mol. The number of ether oxygens (including phenoxy) is 1. The summed E-state index contributed by atoms with van der Waals surface area (Å²) >= 11 is 5.99. The van der Waals surface area contributed by atoms with E-state index in [-0.39, 0.29) is 6.09 Å². The summed E-state index contributed by atoms with van der Waals surface area (Å²) in [6.45, 7) is 8.29. The standard InChI is InChI=1S/C17H22ClN3O3/c1-17(2,3)24-16(22)21-8-4-7-20(9-10-21)15-19-13-11-12(18)5-6-14(13)23-15/h5-6,11H,4,7-10H2,1-3H3. The first-order valence-electron chi connectivity index (χ1n) is 8.11. The quantitative estimate of drug-likeness (QED) is 0.779. The Balaban J connectivity index is 1.69. The van der Waals surface area contributed by atoms with E-state index in [2.05, 4.69) is 9.88 Å². The summed E-state index contributed by atoms with van der Waals surface area (Å²) in [6.07, 6.45) is 0.562. The monoisotopic (exact) mass is 351 g/mol. The smallest absolute Gasteiger partial charge is 0.410 e. The number of carbonyl (C=O) groups excluding carboxylic acids is 1. The van der Waals surface area contributed by atoms with Crippen LogP contribution in [0.15, 0.2) is 22.6 Å². The number of carbonyl (C=O) groups is 1. The fraction of sp³-hybridized carbons (Fsp3) is 0.529. The maximum Gasteiger partial charge on any atom is 0.410 e. The number of halogens is 1. The fourth-order valence-corrected chi connectivity index (χ4v) is 2.81. The van der Waals surface area contributed by atoms with Crippen molar-refractivity contribution < 1.29 is 13.9 Å². The summed E-state index contributed by atoms with van der Waals surface area (Å²) in [5, 5.41) is 0.634. The summed E-state index contributed by atoms with van der Waals surface area (Å²) in [4.78, 5) is 20.5. The van der Waals surface area contributed by atoms with Gasteiger partial charge in [0.25, 0.3) is 6.01 Å². The van der Waals surface area contributed by atoms with Gasteiger partial charge in [0, 0.05) is 31.2 Å². The molecule has 0 atom stereocenters. The van der Waals surface area contributed by atoms with Crippen LogP contribution in [0.4, 0.5) is 10.8 Å². The summed E-state index contributed by atoms with van der Waals surface area (Å²) in [5.41, 5.74) is 0.969. The molecule has 0 aliphatic carbocycles. The first-order valence-corrected chi connectivity index (χ1v) is 8.48. The Morgan fingerprint density at radius 3 is 2.79 bits per heavy atom. The number of hydrogen-bond donors (Lipinski definition) is 0. The molecule has 1 amide bonds. The van der Waals surface area contributed by atoms with Gasteiger partial charge in [-0.1, -0.05) is 11.6 Å². The van der Waals surface area contributed by atoms with Crippen molar-refractivity contribution in [3.05, 3.63) is 23.2 Å². The topological polar surface area (TPSA) is 58.8 Å². The number of aromatic nitrogens is 1. The van der Waals surface area contributed by atoms with Crippen LogP contribution < -0.4 is 4.90 Å². The molecule has 130 valence electrons. The maximum atomic E-state index is 12.2. The van der Waals surface area contributed by atoms with Crippen molar-refractivity contribution in [2.45, 2.75) is 32.8 Å². The van der Waals surface area contributed by atoms with Crippen LogP contribution in [0, 0.1) is 0 Å². The number of benzene rings is 1. The minimum atomic E-state index is -0.483. The zero-order chi connectivity index (χ0) is 17.3. The number of rotatable bonds is 1. The van der Waals surface area contributed by atoms with E-state index in [9.17, 15) is 4.79 Å². The Morgan fingerprint density at radius 2 is 2.04 bits per heavy atom. The number of nitrogens with zero attached hydrogens (tertiary/aromatic N) is 3. The second-order valence-corrected chi connectivity index (χ2v) is 7.35. The van der Waals surface area contributed by atoms with Gasteiger partial charge in [-0.3, -0.25) is 0 Å². The molecule has 0 bridgehead atoms. The largest absolute Gasteiger partial charge is 0.444 e. The van der Waals surface area contributed by atoms with Gasteiger partial charge in [0.2, 0.25) is 0 Å². The lowest BCUT2D eigenvalue weighted by molar-refractivity contribution is 0.0263. The van der Waals surface area contributed by atoms with E-state index in [0.29, 0.717) is 36.3 Å². The van der Waals surface area contributed by atoms with E-state index >= 15 is 0 Å². The van der Waals surface area contributed by atoms with Crippen molar-refractivity contribution in [2.24, 2.45) is 0 Å². The molecule has 1 aromatic heterocycles. The molecule has 0 spiro atoms. The Bertz CT molecular complexity index is 738. The lowest BCUT2D eigenvalue weighted by Gasteiger charge is -2.26. The molecule has 6 nitrogen and oxygen atoms in total. The zero-order valence-corrected chi connectivity index (χ0v) is 15.0. The van der Waals surface area contributed by atoms with Crippen LogP contribution in [0.25, 0.3) is 11.1 Å². The van der Waals surface area contributed by atoms with Crippen LogP contribution in [-0.4, -0.2) is 47.8 Å². The lowest BCUT2D eigenvalue weighted by Crippen LogP contribution is -2.39. The molecule has 1 fully saturated rings. The first kappa shape index (κ1) is 16.9. The normalized spacial score (nSPS) is 16.3. The first-order chi connectivity index (χ1) is 11.3. The summed E-state index contributed by atoms with van der Waals surface area (Å²) in [7, 11) is 0. The number of amides is 1. The highest BCUT2D eigenvalue weighted by atomic mass is 35.5. The SMILES string of the molecule is CC(C)(C)OC(=O)N1CCCN(c2nc3cc(Cl)ccc3o2)CC1. The van der Waals surface area contributed by atoms with Crippen LogP contribution >= 0.6 is 11.6 Å². The molecule has 0 radical (unpaired) electrons. The van der Waals surface area contributed by atoms with Crippen molar-refractivity contribution in [3.63, 3.8) is 0 Å². The van der Waals surface area contributed by atoms with Crippen molar-refractivity contribution in [1.29, 1.82) is 0 Å². The number of oxazole rings is 1. The van der Waals surface area contributed by atoms with E-state index in [1.54, 1.807) is 17.0 Å². The molecule has 1 aliphatic rings. The second kappa shape index (κ2) is 6.51. The molecule has 2 aromatic rings. The third-order valence-corrected chi connectivity index (χ3v) is 3.99. The predicted molar refractivity (Wildman–Crippen MR) is 93.7 cm³/mol. The minimum Gasteiger partial charge on any atom is -0.444 e. The maximum absolute atomic E-state index is 12.2. The van der Waals surface area contributed by atoms with Gasteiger partial charge >= 0.3 is 6.09 Å². The van der Waals surface area contributed by atoms with Crippen molar-refractivity contribution in [1.82, 2.24) is 9.88 Å². The predicted octanol–water partition coefficient (Wildman–Crippen LogP) is 3.93. The lowest BCUT2D eigenvalue weighted by atomic mass is 10.2. The third kappa shape index (κ3) is 3.93. The molecular formula is C17H22ClN3O3. The van der Waals surface area contributed by atoms with Crippen molar-refractivity contribution in [2.75, 3.05) is 31.1 Å². The highest BCUT2D eigenvalue weighted by molar-refractivity contribution is 6.31. The summed E-state index contributed by atoms with van der Waals surface area (Å²) < 4.78 is 11.3. The third-order valence-electron chi connectivity index (χ3n) is 3.76. The molecule has 0 N–H and O–H groups in total. The fourth-order valence-electron chi connectivity index (χ4n) is 2.64. The van der Waals surface area contributed by atoms with E-state index in [0.717, 1.165) is 18.5 Å². The van der Waals surface area contributed by atoms with E-state index in [4.69, 9.17) is 20.8 Å². The van der Waals surface area contributed by atoms with Crippen LogP contribution in [0.2, 0.25) is 5.02 Å². The molecule has 0 unspecified atom stereocenters. The van der Waals surface area contributed by atoms with Gasteiger partial charge in [0.15, 0.2) is 5.58 Å². The molecule has 1 saturated heterocycles. The Labute approximate surface area is 146 Å².